The Kier molecular flexibility index (Phi) is 4.53. The summed E-state index contributed by atoms with van der Waals surface area (Å²) in [6.45, 7) is 14.6. The summed E-state index contributed by atoms with van der Waals surface area (Å²) in [5, 5.41) is 8.48. The zero-order chi connectivity index (χ0) is 15.6. The molecule has 0 aromatic carbocycles. The Morgan fingerprint density at radius 3 is 2.71 bits per heavy atom. The van der Waals surface area contributed by atoms with Crippen LogP contribution in [0.1, 0.15) is 29.3 Å². The van der Waals surface area contributed by atoms with Gasteiger partial charge >= 0.3 is 0 Å². The van der Waals surface area contributed by atoms with E-state index in [9.17, 15) is 0 Å². The maximum atomic E-state index is 8.48. The van der Waals surface area contributed by atoms with E-state index in [-0.39, 0.29) is 12.0 Å². The summed E-state index contributed by atoms with van der Waals surface area (Å²) in [6.07, 6.45) is 6.59. The molecule has 21 heavy (non-hydrogen) atoms. The largest absolute Gasteiger partial charge is 0.385 e. The molecule has 2 rings (SSSR count). The van der Waals surface area contributed by atoms with Gasteiger partial charge in [-0.1, -0.05) is 25.8 Å². The monoisotopic (exact) mass is 283 g/mol. The molecule has 1 N–H and O–H groups in total. The lowest BCUT2D eigenvalue weighted by Gasteiger charge is -2.29. The highest BCUT2D eigenvalue weighted by Crippen LogP contribution is 2.33. The van der Waals surface area contributed by atoms with Crippen molar-refractivity contribution >= 4 is 17.4 Å². The van der Waals surface area contributed by atoms with Crippen molar-refractivity contribution in [2.75, 3.05) is 13.7 Å². The number of pyridine rings is 1. The van der Waals surface area contributed by atoms with Gasteiger partial charge < -0.3 is 10.1 Å². The van der Waals surface area contributed by atoms with Crippen LogP contribution in [-0.4, -0.2) is 19.4 Å². The number of hydrogen-bond acceptors (Lipinski definition) is 2. The van der Waals surface area contributed by atoms with Gasteiger partial charge in [-0.15, -0.1) is 0 Å². The highest BCUT2D eigenvalue weighted by Gasteiger charge is 2.41. The molecule has 1 aromatic heterocycles. The molecule has 1 aliphatic heterocycles. The maximum absolute atomic E-state index is 8.48. The molecule has 2 unspecified atom stereocenters. The number of fused-ring (bicyclic) bond motifs is 1. The summed E-state index contributed by atoms with van der Waals surface area (Å²) in [7, 11) is 1.69. The highest BCUT2D eigenvalue weighted by molar-refractivity contribution is 6.22. The fourth-order valence-electron chi connectivity index (χ4n) is 3.10. The van der Waals surface area contributed by atoms with Gasteiger partial charge in [0.2, 0.25) is 5.69 Å². The van der Waals surface area contributed by atoms with Gasteiger partial charge in [0.05, 0.1) is 17.2 Å². The van der Waals surface area contributed by atoms with E-state index in [1.165, 1.54) is 0 Å². The molecule has 110 valence electrons. The average Bonchev–Trinajstić information content (AvgIpc) is 2.49. The van der Waals surface area contributed by atoms with Crippen molar-refractivity contribution < 1.29 is 9.30 Å². The number of hydrogen-bond donors (Lipinski definition) is 1. The van der Waals surface area contributed by atoms with E-state index >= 15 is 0 Å². The van der Waals surface area contributed by atoms with Crippen LogP contribution >= 0.6 is 0 Å². The quantitative estimate of drug-likeness (QED) is 0.653. The van der Waals surface area contributed by atoms with Gasteiger partial charge in [-0.2, -0.15) is 4.57 Å². The van der Waals surface area contributed by atoms with Crippen molar-refractivity contribution in [3.8, 4) is 0 Å². The molecule has 0 aliphatic carbocycles. The summed E-state index contributed by atoms with van der Waals surface area (Å²) >= 11 is 0. The predicted octanol–water partition coefficient (Wildman–Crippen LogP) is 3.35. The van der Waals surface area contributed by atoms with E-state index in [1.807, 2.05) is 18.3 Å². The Hall–Kier alpha value is -2.00. The van der Waals surface area contributed by atoms with E-state index < -0.39 is 0 Å². The summed E-state index contributed by atoms with van der Waals surface area (Å²) in [5.41, 5.74) is 4.57. The molecular formula is C18H23N2O+. The number of nitrogens with one attached hydrogen (secondary N) is 1. The summed E-state index contributed by atoms with van der Waals surface area (Å²) < 4.78 is 7.36. The molecule has 1 aromatic rings. The Morgan fingerprint density at radius 2 is 2.14 bits per heavy atom. The minimum absolute atomic E-state index is 0.0569. The van der Waals surface area contributed by atoms with Gasteiger partial charge in [-0.25, -0.2) is 0 Å². The second kappa shape index (κ2) is 6.19. The molecular weight excluding hydrogens is 260 g/mol. The number of nitrogens with zero attached hydrogens (tertiary/aromatic N) is 1. The lowest BCUT2D eigenvalue weighted by atomic mass is 9.81. The summed E-state index contributed by atoms with van der Waals surface area (Å²) in [5.74, 6) is 0.0569. The Bertz CT molecular complexity index is 616. The first-order valence-corrected chi connectivity index (χ1v) is 7.13. The van der Waals surface area contributed by atoms with Crippen LogP contribution in [0.3, 0.4) is 0 Å². The fourth-order valence-corrected chi connectivity index (χ4v) is 3.10. The average molecular weight is 283 g/mol. The van der Waals surface area contributed by atoms with Crippen LogP contribution in [0.2, 0.25) is 0 Å². The minimum Gasteiger partial charge on any atom is -0.385 e. The van der Waals surface area contributed by atoms with Crippen LogP contribution in [0.4, 0.5) is 0 Å². The third-order valence-corrected chi connectivity index (χ3v) is 4.27. The molecule has 0 saturated carbocycles. The molecule has 0 fully saturated rings. The summed E-state index contributed by atoms with van der Waals surface area (Å²) in [6, 6.07) is 2.11. The van der Waals surface area contributed by atoms with Gasteiger partial charge in [0.25, 0.3) is 0 Å². The van der Waals surface area contributed by atoms with Crippen LogP contribution in [0.5, 0.6) is 0 Å². The zero-order valence-corrected chi connectivity index (χ0v) is 12.9. The van der Waals surface area contributed by atoms with Crippen molar-refractivity contribution in [2.45, 2.75) is 19.4 Å². The maximum Gasteiger partial charge on any atom is 0.217 e. The third-order valence-electron chi connectivity index (χ3n) is 4.27. The standard InChI is InChI=1S/C18H23N2O/c1-6-14-8-10-20-16(7-2)15(9-11-21-5)17(19)13(4)18(20)12(14)3/h6-8,10,15-16,19H,1-2,4,9,11H2,3,5H3/q+1. The fraction of sp³-hybridized carbons (Fsp3) is 0.333. The van der Waals surface area contributed by atoms with Crippen LogP contribution in [0.15, 0.2) is 38.1 Å². The molecule has 3 heteroatoms. The first kappa shape index (κ1) is 15.4. The van der Waals surface area contributed by atoms with E-state index in [1.54, 1.807) is 7.11 Å². The minimum atomic E-state index is 0.0569. The van der Waals surface area contributed by atoms with Crippen LogP contribution < -0.4 is 4.57 Å². The van der Waals surface area contributed by atoms with Gasteiger partial charge in [0, 0.05) is 25.3 Å². The summed E-state index contributed by atoms with van der Waals surface area (Å²) in [4.78, 5) is 0. The Morgan fingerprint density at radius 1 is 1.43 bits per heavy atom. The number of methoxy groups -OCH3 is 1. The first-order chi connectivity index (χ1) is 10.1. The molecule has 0 bridgehead atoms. The molecule has 0 amide bonds. The van der Waals surface area contributed by atoms with E-state index in [0.717, 1.165) is 28.8 Å². The van der Waals surface area contributed by atoms with Crippen LogP contribution in [-0.2, 0) is 4.74 Å². The molecule has 3 nitrogen and oxygen atoms in total. The number of ether oxygens (including phenoxy) is 1. The van der Waals surface area contributed by atoms with Gasteiger partial charge in [-0.3, -0.25) is 0 Å². The number of rotatable bonds is 5. The Balaban J connectivity index is 2.59. The smallest absolute Gasteiger partial charge is 0.217 e. The molecule has 0 saturated heterocycles. The molecule has 2 atom stereocenters. The van der Waals surface area contributed by atoms with Gasteiger partial charge in [0.15, 0.2) is 12.2 Å². The topological polar surface area (TPSA) is 37.0 Å². The number of aromatic nitrogens is 1. The first-order valence-electron chi connectivity index (χ1n) is 7.13. The van der Waals surface area contributed by atoms with Crippen molar-refractivity contribution in [3.63, 3.8) is 0 Å². The second-order valence-electron chi connectivity index (χ2n) is 5.36. The van der Waals surface area contributed by atoms with Crippen LogP contribution in [0, 0.1) is 18.3 Å². The normalized spacial score (nSPS) is 21.0. The second-order valence-corrected chi connectivity index (χ2v) is 5.36. The molecule has 2 heterocycles. The highest BCUT2D eigenvalue weighted by atomic mass is 16.5. The van der Waals surface area contributed by atoms with Crippen molar-refractivity contribution in [2.24, 2.45) is 5.92 Å². The van der Waals surface area contributed by atoms with Crippen molar-refractivity contribution in [1.29, 1.82) is 5.41 Å². The van der Waals surface area contributed by atoms with Crippen LogP contribution in [0.25, 0.3) is 11.6 Å². The van der Waals surface area contributed by atoms with Crippen molar-refractivity contribution in [1.82, 2.24) is 0 Å². The van der Waals surface area contributed by atoms with E-state index in [2.05, 4.69) is 37.3 Å². The van der Waals surface area contributed by atoms with E-state index in [0.29, 0.717) is 12.3 Å². The molecule has 1 aliphatic rings. The van der Waals surface area contributed by atoms with Gasteiger partial charge in [-0.05, 0) is 25.0 Å². The van der Waals surface area contributed by atoms with Gasteiger partial charge in [0.1, 0.15) is 0 Å². The third kappa shape index (κ3) is 2.49. The lowest BCUT2D eigenvalue weighted by Crippen LogP contribution is -2.52. The predicted molar refractivity (Wildman–Crippen MR) is 87.4 cm³/mol. The molecule has 0 radical (unpaired) electrons. The Labute approximate surface area is 126 Å². The van der Waals surface area contributed by atoms with Crippen molar-refractivity contribution in [3.05, 3.63) is 54.9 Å². The molecule has 0 spiro atoms. The number of allylic oxidation sites excluding steroid dienone is 2. The SMILES string of the molecule is C=Cc1cc[n+]2c(c1C)C(=C)C(=N)C(CCOC)C2C=C. The van der Waals surface area contributed by atoms with E-state index in [4.69, 9.17) is 10.1 Å². The zero-order valence-electron chi connectivity index (χ0n) is 12.9. The lowest BCUT2D eigenvalue weighted by molar-refractivity contribution is -0.720.